The number of piperidine rings is 1. The number of aromatic nitrogens is 2. The van der Waals surface area contributed by atoms with Crippen molar-refractivity contribution in [2.24, 2.45) is 0 Å². The van der Waals surface area contributed by atoms with Crippen molar-refractivity contribution < 1.29 is 22.7 Å². The number of methoxy groups -OCH3 is 1. The molecule has 0 radical (unpaired) electrons. The highest BCUT2D eigenvalue weighted by Gasteiger charge is 2.28. The van der Waals surface area contributed by atoms with Crippen LogP contribution >= 0.6 is 0 Å². The second kappa shape index (κ2) is 11.9. The topological polar surface area (TPSA) is 83.5 Å². The van der Waals surface area contributed by atoms with E-state index in [9.17, 15) is 18.0 Å². The van der Waals surface area contributed by atoms with E-state index in [1.165, 1.54) is 11.8 Å². The molecule has 2 heterocycles. The van der Waals surface area contributed by atoms with Crippen LogP contribution in [0.2, 0.25) is 0 Å². The normalized spacial score (nSPS) is 17.3. The summed E-state index contributed by atoms with van der Waals surface area (Å²) in [6.07, 6.45) is -1.62. The molecule has 38 heavy (non-hydrogen) atoms. The first kappa shape index (κ1) is 26.9. The smallest absolute Gasteiger partial charge is 0.272 e. The fourth-order valence-electron chi connectivity index (χ4n) is 4.37. The van der Waals surface area contributed by atoms with Crippen molar-refractivity contribution >= 4 is 34.3 Å². The number of nitrogens with zero attached hydrogens (tertiary/aromatic N) is 3. The Kier molecular flexibility index (Phi) is 8.43. The van der Waals surface area contributed by atoms with Gasteiger partial charge in [-0.05, 0) is 37.7 Å². The highest BCUT2D eigenvalue weighted by Crippen LogP contribution is 2.29. The summed E-state index contributed by atoms with van der Waals surface area (Å²) < 4.78 is 47.8. The molecule has 1 saturated heterocycles. The van der Waals surface area contributed by atoms with Gasteiger partial charge in [-0.2, -0.15) is 18.6 Å². The lowest BCUT2D eigenvalue weighted by molar-refractivity contribution is 0.0962. The van der Waals surface area contributed by atoms with E-state index in [0.29, 0.717) is 46.6 Å². The molecule has 0 saturated carbocycles. The van der Waals surface area contributed by atoms with Crippen LogP contribution in [0.4, 0.5) is 24.5 Å². The fraction of sp³-hybridized carbons (Fsp3) is 0.333. The molecule has 3 aromatic rings. The molecule has 1 fully saturated rings. The van der Waals surface area contributed by atoms with Gasteiger partial charge in [-0.3, -0.25) is 4.79 Å². The van der Waals surface area contributed by atoms with Gasteiger partial charge in [0.15, 0.2) is 0 Å². The Morgan fingerprint density at radius 2 is 2.08 bits per heavy atom. The predicted molar refractivity (Wildman–Crippen MR) is 142 cm³/mol. The molecule has 4 rings (SSSR count). The molecule has 2 aromatic carbocycles. The van der Waals surface area contributed by atoms with E-state index in [2.05, 4.69) is 33.0 Å². The van der Waals surface area contributed by atoms with Crippen molar-refractivity contribution in [1.29, 1.82) is 0 Å². The Bertz CT molecular complexity index is 1410. The van der Waals surface area contributed by atoms with E-state index in [1.54, 1.807) is 43.4 Å². The molecule has 1 aliphatic heterocycles. The van der Waals surface area contributed by atoms with Crippen molar-refractivity contribution in [3.63, 3.8) is 0 Å². The molecule has 2 atom stereocenters. The maximum absolute atomic E-state index is 14.6. The summed E-state index contributed by atoms with van der Waals surface area (Å²) in [5.41, 5.74) is 2.18. The first-order chi connectivity index (χ1) is 18.3. The summed E-state index contributed by atoms with van der Waals surface area (Å²) in [5.74, 6) is 3.09. The number of halogens is 3. The molecule has 11 heteroatoms. The zero-order valence-electron chi connectivity index (χ0n) is 21.3. The number of hydrogen-bond donors (Lipinski definition) is 3. The average molecular weight is 527 g/mol. The van der Waals surface area contributed by atoms with Gasteiger partial charge >= 0.3 is 0 Å². The van der Waals surface area contributed by atoms with Crippen LogP contribution in [0.15, 0.2) is 42.5 Å². The number of nitrogens with one attached hydrogen (secondary N) is 3. The van der Waals surface area contributed by atoms with Gasteiger partial charge in [0.05, 0.1) is 36.8 Å². The summed E-state index contributed by atoms with van der Waals surface area (Å²) >= 11 is 0. The SMILES string of the molecule is CNC(=O)c1ccc(NCC#Cn2nc3c(N[C@@H]4CCN(C)C[C@@H]4F)cccc3c2C=C(F)F)c(OC)c1. The minimum Gasteiger partial charge on any atom is -0.495 e. The van der Waals surface area contributed by atoms with Crippen LogP contribution in [0.3, 0.4) is 0 Å². The third-order valence-electron chi connectivity index (χ3n) is 6.31. The van der Waals surface area contributed by atoms with Crippen molar-refractivity contribution in [3.8, 4) is 17.7 Å². The largest absolute Gasteiger partial charge is 0.495 e. The van der Waals surface area contributed by atoms with Gasteiger partial charge in [0, 0.05) is 43.2 Å². The van der Waals surface area contributed by atoms with Crippen molar-refractivity contribution in [3.05, 3.63) is 53.7 Å². The molecule has 1 aliphatic rings. The van der Waals surface area contributed by atoms with E-state index in [4.69, 9.17) is 4.74 Å². The van der Waals surface area contributed by atoms with Crippen LogP contribution in [0.5, 0.6) is 5.75 Å². The number of anilines is 2. The van der Waals surface area contributed by atoms with Crippen LogP contribution in [0.25, 0.3) is 17.0 Å². The standard InChI is InChI=1S/C27H29F3N6O2/c1-31-27(37)17-8-9-21(24(14-17)38-3)32-11-5-12-36-23(15-25(29)30)18-6-4-7-22(26(18)34-36)33-20-10-13-35(2)16-19(20)28/h4,6-9,14-15,19-20,32-33H,10-11,13,16H2,1-3H3,(H,31,37)/t19-,20+/m0/s1. The Balaban J connectivity index is 1.58. The van der Waals surface area contributed by atoms with Gasteiger partial charge in [0.2, 0.25) is 0 Å². The Hall–Kier alpha value is -4.17. The summed E-state index contributed by atoms with van der Waals surface area (Å²) in [4.78, 5) is 13.8. The van der Waals surface area contributed by atoms with E-state index >= 15 is 0 Å². The second-order valence-corrected chi connectivity index (χ2v) is 8.89. The number of amides is 1. The van der Waals surface area contributed by atoms with Gasteiger partial charge in [-0.25, -0.2) is 4.39 Å². The third-order valence-corrected chi connectivity index (χ3v) is 6.31. The molecule has 0 aliphatic carbocycles. The van der Waals surface area contributed by atoms with Crippen molar-refractivity contribution in [2.75, 3.05) is 51.5 Å². The summed E-state index contributed by atoms with van der Waals surface area (Å²) in [7, 11) is 4.90. The molecule has 8 nitrogen and oxygen atoms in total. The van der Waals surface area contributed by atoms with E-state index in [-0.39, 0.29) is 18.1 Å². The number of carbonyl (C=O) groups excluding carboxylic acids is 1. The number of likely N-dealkylation sites (tertiary alicyclic amines) is 1. The molecule has 0 unspecified atom stereocenters. The quantitative estimate of drug-likeness (QED) is 0.404. The van der Waals surface area contributed by atoms with Crippen LogP contribution in [0.1, 0.15) is 22.5 Å². The first-order valence-electron chi connectivity index (χ1n) is 12.1. The van der Waals surface area contributed by atoms with Gasteiger partial charge < -0.3 is 25.6 Å². The van der Waals surface area contributed by atoms with E-state index < -0.39 is 18.3 Å². The van der Waals surface area contributed by atoms with Crippen LogP contribution in [-0.2, 0) is 0 Å². The maximum Gasteiger partial charge on any atom is 0.272 e. The van der Waals surface area contributed by atoms with Gasteiger partial charge in [0.1, 0.15) is 17.4 Å². The molecular formula is C27H29F3N6O2. The maximum atomic E-state index is 14.6. The number of rotatable bonds is 7. The Morgan fingerprint density at radius 3 is 2.79 bits per heavy atom. The van der Waals surface area contributed by atoms with E-state index in [1.807, 2.05) is 11.9 Å². The Morgan fingerprint density at radius 1 is 1.26 bits per heavy atom. The summed E-state index contributed by atoms with van der Waals surface area (Å²) in [6.45, 7) is 1.22. The predicted octanol–water partition coefficient (Wildman–Crippen LogP) is 4.02. The molecule has 200 valence electrons. The lowest BCUT2D eigenvalue weighted by Gasteiger charge is -2.33. The second-order valence-electron chi connectivity index (χ2n) is 8.89. The molecule has 1 aromatic heterocycles. The molecule has 0 spiro atoms. The average Bonchev–Trinajstić information content (AvgIpc) is 3.25. The number of fused-ring (bicyclic) bond motifs is 1. The summed E-state index contributed by atoms with van der Waals surface area (Å²) in [5, 5.41) is 13.8. The minimum absolute atomic E-state index is 0.129. The molecule has 3 N–H and O–H groups in total. The zero-order valence-corrected chi connectivity index (χ0v) is 21.3. The fourth-order valence-corrected chi connectivity index (χ4v) is 4.37. The zero-order chi connectivity index (χ0) is 27.2. The highest BCUT2D eigenvalue weighted by molar-refractivity contribution is 5.96. The number of ether oxygens (including phenoxy) is 1. The third kappa shape index (κ3) is 6.03. The summed E-state index contributed by atoms with van der Waals surface area (Å²) in [6, 6.07) is 12.5. The number of alkyl halides is 1. The molecule has 1 amide bonds. The number of hydrogen-bond acceptors (Lipinski definition) is 6. The van der Waals surface area contributed by atoms with Crippen LogP contribution in [-0.4, -0.2) is 73.6 Å². The highest BCUT2D eigenvalue weighted by atomic mass is 19.3. The van der Waals surface area contributed by atoms with Crippen LogP contribution in [0, 0.1) is 12.0 Å². The molecular weight excluding hydrogens is 497 g/mol. The minimum atomic E-state index is -1.88. The monoisotopic (exact) mass is 526 g/mol. The van der Waals surface area contributed by atoms with Crippen LogP contribution < -0.4 is 20.7 Å². The van der Waals surface area contributed by atoms with Gasteiger partial charge in [-0.15, -0.1) is 0 Å². The van der Waals surface area contributed by atoms with Crippen molar-refractivity contribution in [2.45, 2.75) is 18.6 Å². The van der Waals surface area contributed by atoms with Crippen molar-refractivity contribution in [1.82, 2.24) is 20.0 Å². The van der Waals surface area contributed by atoms with Gasteiger partial charge in [-0.1, -0.05) is 18.1 Å². The lowest BCUT2D eigenvalue weighted by Crippen LogP contribution is -2.46. The van der Waals surface area contributed by atoms with E-state index in [0.717, 1.165) is 12.6 Å². The molecule has 0 bridgehead atoms. The number of carbonyl (C=O) groups is 1. The first-order valence-corrected chi connectivity index (χ1v) is 12.1. The lowest BCUT2D eigenvalue weighted by atomic mass is 10.0. The van der Waals surface area contributed by atoms with Gasteiger partial charge in [0.25, 0.3) is 12.0 Å². The number of benzene rings is 2. The Labute approximate surface area is 218 Å².